The number of hydrogen-bond acceptors (Lipinski definition) is 4. The van der Waals surface area contributed by atoms with Gasteiger partial charge in [-0.1, -0.05) is 0 Å². The van der Waals surface area contributed by atoms with E-state index in [0.717, 1.165) is 30.2 Å². The fraction of sp³-hybridized carbons (Fsp3) is 0.455. The molecular formula is C11H13FN2O2S. The average molecular weight is 256 g/mol. The maximum absolute atomic E-state index is 13.0. The van der Waals surface area contributed by atoms with Crippen LogP contribution in [0, 0.1) is 5.82 Å². The zero-order valence-electron chi connectivity index (χ0n) is 9.39. The molecule has 1 N–H and O–H groups in total. The van der Waals surface area contributed by atoms with Crippen molar-refractivity contribution in [1.82, 2.24) is 4.98 Å². The molecule has 0 aliphatic carbocycles. The summed E-state index contributed by atoms with van der Waals surface area (Å²) in [6.07, 6.45) is 2.06. The van der Waals surface area contributed by atoms with E-state index in [1.807, 2.05) is 23.7 Å². The van der Waals surface area contributed by atoms with Crippen LogP contribution in [0.1, 0.15) is 16.8 Å². The third-order valence-electron chi connectivity index (χ3n) is 2.85. The third kappa shape index (κ3) is 2.52. The number of hydrogen-bond donors (Lipinski definition) is 1. The monoisotopic (exact) mass is 256 g/mol. The highest BCUT2D eigenvalue weighted by Gasteiger charge is 2.25. The molecule has 1 aliphatic rings. The first kappa shape index (κ1) is 12.2. The zero-order valence-corrected chi connectivity index (χ0v) is 10.2. The van der Waals surface area contributed by atoms with Crippen LogP contribution in [0.15, 0.2) is 12.3 Å². The molecule has 1 atom stereocenters. The van der Waals surface area contributed by atoms with E-state index in [0.29, 0.717) is 5.82 Å². The van der Waals surface area contributed by atoms with E-state index in [2.05, 4.69) is 4.98 Å². The smallest absolute Gasteiger partial charge is 0.339 e. The molecule has 0 amide bonds. The van der Waals surface area contributed by atoms with Crippen LogP contribution in [-0.4, -0.2) is 40.7 Å². The number of rotatable bonds is 3. The van der Waals surface area contributed by atoms with Crippen molar-refractivity contribution in [2.45, 2.75) is 12.5 Å². The Kier molecular flexibility index (Phi) is 3.51. The van der Waals surface area contributed by atoms with Crippen molar-refractivity contribution in [1.29, 1.82) is 0 Å². The molecule has 92 valence electrons. The van der Waals surface area contributed by atoms with Gasteiger partial charge < -0.3 is 10.0 Å². The Labute approximate surface area is 103 Å². The Bertz CT molecular complexity index is 435. The summed E-state index contributed by atoms with van der Waals surface area (Å²) in [5.74, 6) is 0.587. The molecule has 0 spiro atoms. The first-order valence-electron chi connectivity index (χ1n) is 5.29. The van der Waals surface area contributed by atoms with Gasteiger partial charge in [0, 0.05) is 18.8 Å². The lowest BCUT2D eigenvalue weighted by atomic mass is 10.2. The number of thioether (sulfide) groups is 1. The van der Waals surface area contributed by atoms with Gasteiger partial charge in [-0.05, 0) is 18.2 Å². The summed E-state index contributed by atoms with van der Waals surface area (Å²) < 4.78 is 13.0. The van der Waals surface area contributed by atoms with Gasteiger partial charge in [0.25, 0.3) is 0 Å². The number of anilines is 1. The van der Waals surface area contributed by atoms with Crippen molar-refractivity contribution >= 4 is 23.5 Å². The number of nitrogens with zero attached hydrogens (tertiary/aromatic N) is 2. The van der Waals surface area contributed by atoms with Crippen LogP contribution in [0.25, 0.3) is 0 Å². The van der Waals surface area contributed by atoms with E-state index in [9.17, 15) is 9.18 Å². The van der Waals surface area contributed by atoms with Crippen LogP contribution in [0.2, 0.25) is 0 Å². The Morgan fingerprint density at radius 1 is 1.71 bits per heavy atom. The molecule has 1 saturated heterocycles. The molecule has 0 radical (unpaired) electrons. The summed E-state index contributed by atoms with van der Waals surface area (Å²) in [5.41, 5.74) is -0.0793. The van der Waals surface area contributed by atoms with E-state index >= 15 is 0 Å². The van der Waals surface area contributed by atoms with Gasteiger partial charge in [-0.2, -0.15) is 11.8 Å². The normalized spacial score (nSPS) is 19.3. The van der Waals surface area contributed by atoms with Gasteiger partial charge in [-0.25, -0.2) is 14.2 Å². The molecule has 4 nitrogen and oxygen atoms in total. The minimum absolute atomic E-state index is 0.0793. The van der Waals surface area contributed by atoms with Crippen LogP contribution in [0.5, 0.6) is 0 Å². The molecule has 17 heavy (non-hydrogen) atoms. The van der Waals surface area contributed by atoms with Crippen LogP contribution < -0.4 is 4.90 Å². The number of halogens is 1. The number of pyridine rings is 1. The molecule has 1 aliphatic heterocycles. The van der Waals surface area contributed by atoms with Gasteiger partial charge in [-0.15, -0.1) is 0 Å². The van der Waals surface area contributed by atoms with E-state index in [1.165, 1.54) is 0 Å². The zero-order chi connectivity index (χ0) is 12.4. The minimum atomic E-state index is -1.15. The fourth-order valence-electron chi connectivity index (χ4n) is 1.87. The van der Waals surface area contributed by atoms with Gasteiger partial charge in [-0.3, -0.25) is 0 Å². The molecule has 1 aromatic heterocycles. The third-order valence-corrected chi connectivity index (χ3v) is 4.00. The second-order valence-corrected chi connectivity index (χ2v) is 5.11. The molecule has 6 heteroatoms. The van der Waals surface area contributed by atoms with Gasteiger partial charge in [0.15, 0.2) is 0 Å². The Hall–Kier alpha value is -1.30. The first-order valence-corrected chi connectivity index (χ1v) is 6.44. The second-order valence-electron chi connectivity index (χ2n) is 3.96. The highest BCUT2D eigenvalue weighted by molar-refractivity contribution is 7.99. The summed E-state index contributed by atoms with van der Waals surface area (Å²) in [7, 11) is 1.81. The van der Waals surface area contributed by atoms with Crippen molar-refractivity contribution in [3.8, 4) is 0 Å². The van der Waals surface area contributed by atoms with Crippen LogP contribution in [-0.2, 0) is 0 Å². The highest BCUT2D eigenvalue weighted by Crippen LogP contribution is 2.27. The fourth-order valence-corrected chi connectivity index (χ4v) is 3.14. The Morgan fingerprint density at radius 3 is 3.06 bits per heavy atom. The number of carbonyl (C=O) groups is 1. The van der Waals surface area contributed by atoms with Crippen LogP contribution >= 0.6 is 11.8 Å². The molecule has 2 heterocycles. The molecule has 1 unspecified atom stereocenters. The number of carboxylic acid groups (broad SMARTS) is 1. The molecule has 1 fully saturated rings. The SMILES string of the molecule is CN(c1ncc(F)cc1C(=O)O)C1CCSC1. The first-order chi connectivity index (χ1) is 8.09. The molecule has 1 aromatic rings. The summed E-state index contributed by atoms with van der Waals surface area (Å²) in [6.45, 7) is 0. The molecule has 2 rings (SSSR count). The van der Waals surface area contributed by atoms with Crippen molar-refractivity contribution in [2.24, 2.45) is 0 Å². The lowest BCUT2D eigenvalue weighted by Gasteiger charge is -2.25. The van der Waals surface area contributed by atoms with E-state index in [4.69, 9.17) is 5.11 Å². The lowest BCUT2D eigenvalue weighted by molar-refractivity contribution is 0.0696. The summed E-state index contributed by atoms with van der Waals surface area (Å²) >= 11 is 1.83. The lowest BCUT2D eigenvalue weighted by Crippen LogP contribution is -2.33. The second kappa shape index (κ2) is 4.91. The number of carboxylic acids is 1. The predicted octanol–water partition coefficient (Wildman–Crippen LogP) is 1.86. The topological polar surface area (TPSA) is 53.4 Å². The molecule has 0 bridgehead atoms. The van der Waals surface area contributed by atoms with Gasteiger partial charge in [0.1, 0.15) is 17.2 Å². The maximum Gasteiger partial charge on any atom is 0.339 e. The van der Waals surface area contributed by atoms with Crippen LogP contribution in [0.3, 0.4) is 0 Å². The molecular weight excluding hydrogens is 243 g/mol. The van der Waals surface area contributed by atoms with Gasteiger partial charge in [0.05, 0.1) is 6.20 Å². The Morgan fingerprint density at radius 2 is 2.47 bits per heavy atom. The average Bonchev–Trinajstić information content (AvgIpc) is 2.81. The molecule has 0 saturated carbocycles. The van der Waals surface area contributed by atoms with Crippen molar-refractivity contribution in [3.05, 3.63) is 23.6 Å². The van der Waals surface area contributed by atoms with E-state index in [1.54, 1.807) is 0 Å². The van der Waals surface area contributed by atoms with Crippen LogP contribution in [0.4, 0.5) is 10.2 Å². The predicted molar refractivity (Wildman–Crippen MR) is 65.3 cm³/mol. The minimum Gasteiger partial charge on any atom is -0.478 e. The highest BCUT2D eigenvalue weighted by atomic mass is 32.2. The largest absolute Gasteiger partial charge is 0.478 e. The van der Waals surface area contributed by atoms with Gasteiger partial charge in [0.2, 0.25) is 0 Å². The van der Waals surface area contributed by atoms with Gasteiger partial charge >= 0.3 is 5.97 Å². The standard InChI is InChI=1S/C11H13FN2O2S/c1-14(8-2-3-17-6-8)10-9(11(15)16)4-7(12)5-13-10/h4-5,8H,2-3,6H2,1H3,(H,15,16). The van der Waals surface area contributed by atoms with Crippen molar-refractivity contribution in [3.63, 3.8) is 0 Å². The molecule has 0 aromatic carbocycles. The van der Waals surface area contributed by atoms with E-state index in [-0.39, 0.29) is 11.6 Å². The maximum atomic E-state index is 13.0. The Balaban J connectivity index is 2.33. The van der Waals surface area contributed by atoms with E-state index < -0.39 is 11.8 Å². The summed E-state index contributed by atoms with van der Waals surface area (Å²) in [4.78, 5) is 16.8. The summed E-state index contributed by atoms with van der Waals surface area (Å²) in [6, 6.07) is 1.29. The summed E-state index contributed by atoms with van der Waals surface area (Å²) in [5, 5.41) is 9.04. The number of aromatic carboxylic acids is 1. The van der Waals surface area contributed by atoms with Crippen molar-refractivity contribution < 1.29 is 14.3 Å². The quantitative estimate of drug-likeness (QED) is 0.894. The van der Waals surface area contributed by atoms with Crippen molar-refractivity contribution in [2.75, 3.05) is 23.5 Å². The number of aromatic nitrogens is 1.